The molecule has 1 amide bonds. The summed E-state index contributed by atoms with van der Waals surface area (Å²) in [6.07, 6.45) is 7.83. The largest absolute Gasteiger partial charge is 0.342 e. The molecule has 0 aromatic carbocycles. The Morgan fingerprint density at radius 1 is 1.16 bits per heavy atom. The lowest BCUT2D eigenvalue weighted by molar-refractivity contribution is -0.139. The Morgan fingerprint density at radius 2 is 1.74 bits per heavy atom. The summed E-state index contributed by atoms with van der Waals surface area (Å²) in [5.41, 5.74) is 6.22. The summed E-state index contributed by atoms with van der Waals surface area (Å²) in [7, 11) is 0. The highest BCUT2D eigenvalue weighted by atomic mass is 16.2. The number of hydrogen-bond acceptors (Lipinski definition) is 2. The Kier molecular flexibility index (Phi) is 7.44. The third-order valence-corrected chi connectivity index (χ3v) is 4.43. The van der Waals surface area contributed by atoms with Gasteiger partial charge in [0.05, 0.1) is 5.92 Å². The number of hydrogen-bond donors (Lipinski definition) is 1. The van der Waals surface area contributed by atoms with Gasteiger partial charge in [-0.2, -0.15) is 0 Å². The number of rotatable bonds is 7. The van der Waals surface area contributed by atoms with Gasteiger partial charge in [-0.05, 0) is 31.6 Å². The lowest BCUT2D eigenvalue weighted by atomic mass is 9.76. The van der Waals surface area contributed by atoms with Crippen molar-refractivity contribution in [1.29, 1.82) is 0 Å². The molecule has 2 N–H and O–H groups in total. The van der Waals surface area contributed by atoms with Crippen molar-refractivity contribution in [1.82, 2.24) is 4.90 Å². The Morgan fingerprint density at radius 3 is 2.21 bits per heavy atom. The highest BCUT2D eigenvalue weighted by Gasteiger charge is 2.36. The van der Waals surface area contributed by atoms with E-state index in [1.54, 1.807) is 0 Å². The van der Waals surface area contributed by atoms with Gasteiger partial charge in [0.15, 0.2) is 0 Å². The highest BCUT2D eigenvalue weighted by molar-refractivity contribution is 5.80. The minimum Gasteiger partial charge on any atom is -0.342 e. The fraction of sp³-hybridized carbons (Fsp3) is 0.938. The predicted octanol–water partition coefficient (Wildman–Crippen LogP) is 3.18. The molecular formula is C16H32N2O. The molecule has 0 radical (unpaired) electrons. The van der Waals surface area contributed by atoms with E-state index in [4.69, 9.17) is 5.73 Å². The zero-order valence-corrected chi connectivity index (χ0v) is 13.0. The van der Waals surface area contributed by atoms with Crippen molar-refractivity contribution >= 4 is 5.91 Å². The van der Waals surface area contributed by atoms with Crippen molar-refractivity contribution in [3.8, 4) is 0 Å². The molecule has 1 aliphatic rings. The summed E-state index contributed by atoms with van der Waals surface area (Å²) >= 11 is 0. The summed E-state index contributed by atoms with van der Waals surface area (Å²) in [6, 6.07) is 0.0713. The van der Waals surface area contributed by atoms with Crippen LogP contribution in [0.1, 0.15) is 65.7 Å². The van der Waals surface area contributed by atoms with Gasteiger partial charge in [0.1, 0.15) is 0 Å². The highest BCUT2D eigenvalue weighted by Crippen LogP contribution is 2.30. The predicted molar refractivity (Wildman–Crippen MR) is 80.9 cm³/mol. The van der Waals surface area contributed by atoms with Crippen LogP contribution < -0.4 is 5.73 Å². The molecular weight excluding hydrogens is 236 g/mol. The molecule has 0 aromatic rings. The van der Waals surface area contributed by atoms with E-state index in [-0.39, 0.29) is 12.0 Å². The van der Waals surface area contributed by atoms with E-state index in [2.05, 4.69) is 25.7 Å². The number of unbranched alkanes of at least 4 members (excludes halogenated alkanes) is 2. The van der Waals surface area contributed by atoms with Gasteiger partial charge in [0, 0.05) is 19.1 Å². The lowest BCUT2D eigenvalue weighted by Crippen LogP contribution is -2.49. The first-order chi connectivity index (χ1) is 9.11. The Hall–Kier alpha value is -0.570. The topological polar surface area (TPSA) is 46.3 Å². The van der Waals surface area contributed by atoms with Gasteiger partial charge in [-0.25, -0.2) is 0 Å². The van der Waals surface area contributed by atoms with Crippen LogP contribution in [0.15, 0.2) is 0 Å². The Bertz CT molecular complexity index is 249. The molecule has 1 saturated carbocycles. The van der Waals surface area contributed by atoms with E-state index in [0.717, 1.165) is 51.6 Å². The van der Waals surface area contributed by atoms with Gasteiger partial charge in [0.25, 0.3) is 0 Å². The van der Waals surface area contributed by atoms with Crippen molar-refractivity contribution in [2.24, 2.45) is 17.6 Å². The molecule has 1 aliphatic carbocycles. The van der Waals surface area contributed by atoms with Crippen LogP contribution in [-0.2, 0) is 4.79 Å². The van der Waals surface area contributed by atoms with Crippen LogP contribution in [-0.4, -0.2) is 29.9 Å². The van der Waals surface area contributed by atoms with Gasteiger partial charge >= 0.3 is 0 Å². The standard InChI is InChI=1S/C16H32N2O/c1-4-6-11-18(12-7-5-2)16(19)15-13(3)9-8-10-14(15)17/h13-15H,4-12,17H2,1-3H3. The second-order valence-electron chi connectivity index (χ2n) is 6.13. The Labute approximate surface area is 118 Å². The van der Waals surface area contributed by atoms with Crippen LogP contribution in [0.5, 0.6) is 0 Å². The van der Waals surface area contributed by atoms with Crippen molar-refractivity contribution in [3.05, 3.63) is 0 Å². The Balaban J connectivity index is 2.66. The second-order valence-corrected chi connectivity index (χ2v) is 6.13. The number of nitrogens with zero attached hydrogens (tertiary/aromatic N) is 1. The molecule has 0 heterocycles. The molecule has 0 spiro atoms. The summed E-state index contributed by atoms with van der Waals surface area (Å²) in [5.74, 6) is 0.825. The van der Waals surface area contributed by atoms with Crippen LogP contribution in [0.25, 0.3) is 0 Å². The third-order valence-electron chi connectivity index (χ3n) is 4.43. The molecule has 112 valence electrons. The second kappa shape index (κ2) is 8.57. The van der Waals surface area contributed by atoms with Crippen molar-refractivity contribution in [3.63, 3.8) is 0 Å². The first kappa shape index (κ1) is 16.5. The quantitative estimate of drug-likeness (QED) is 0.771. The molecule has 0 aliphatic heterocycles. The fourth-order valence-electron chi connectivity index (χ4n) is 3.12. The fourth-order valence-corrected chi connectivity index (χ4v) is 3.12. The van der Waals surface area contributed by atoms with Crippen LogP contribution in [0.3, 0.4) is 0 Å². The monoisotopic (exact) mass is 268 g/mol. The summed E-state index contributed by atoms with van der Waals surface area (Å²) in [4.78, 5) is 14.9. The van der Waals surface area contributed by atoms with Gasteiger partial charge in [-0.15, -0.1) is 0 Å². The third kappa shape index (κ3) is 4.79. The van der Waals surface area contributed by atoms with E-state index in [1.165, 1.54) is 6.42 Å². The summed E-state index contributed by atoms with van der Waals surface area (Å²) in [5, 5.41) is 0. The van der Waals surface area contributed by atoms with E-state index in [9.17, 15) is 4.79 Å². The summed E-state index contributed by atoms with van der Waals surface area (Å²) in [6.45, 7) is 8.37. The van der Waals surface area contributed by atoms with E-state index >= 15 is 0 Å². The van der Waals surface area contributed by atoms with Crippen molar-refractivity contribution < 1.29 is 4.79 Å². The molecule has 3 atom stereocenters. The average molecular weight is 268 g/mol. The molecule has 3 nitrogen and oxygen atoms in total. The first-order valence-corrected chi connectivity index (χ1v) is 8.16. The van der Waals surface area contributed by atoms with Crippen LogP contribution in [0.4, 0.5) is 0 Å². The molecule has 0 bridgehead atoms. The average Bonchev–Trinajstić information content (AvgIpc) is 2.38. The van der Waals surface area contributed by atoms with Crippen molar-refractivity contribution in [2.75, 3.05) is 13.1 Å². The van der Waals surface area contributed by atoms with Gasteiger partial charge in [-0.1, -0.05) is 40.0 Å². The lowest BCUT2D eigenvalue weighted by Gasteiger charge is -2.37. The molecule has 1 rings (SSSR count). The molecule has 3 heteroatoms. The number of amides is 1. The van der Waals surface area contributed by atoms with E-state index in [1.807, 2.05) is 0 Å². The normalized spacial score (nSPS) is 27.3. The molecule has 19 heavy (non-hydrogen) atoms. The van der Waals surface area contributed by atoms with Gasteiger partial charge in [-0.3, -0.25) is 4.79 Å². The maximum Gasteiger partial charge on any atom is 0.227 e. The number of carbonyl (C=O) groups excluding carboxylic acids is 1. The molecule has 3 unspecified atom stereocenters. The van der Waals surface area contributed by atoms with E-state index < -0.39 is 0 Å². The zero-order valence-electron chi connectivity index (χ0n) is 13.0. The molecule has 0 saturated heterocycles. The van der Waals surface area contributed by atoms with E-state index in [0.29, 0.717) is 11.8 Å². The number of nitrogens with two attached hydrogens (primary N) is 1. The minimum absolute atomic E-state index is 0.0578. The SMILES string of the molecule is CCCCN(CCCC)C(=O)C1C(C)CCCC1N. The smallest absolute Gasteiger partial charge is 0.227 e. The number of carbonyl (C=O) groups is 1. The van der Waals surface area contributed by atoms with Gasteiger partial charge in [0.2, 0.25) is 5.91 Å². The van der Waals surface area contributed by atoms with Crippen molar-refractivity contribution in [2.45, 2.75) is 71.8 Å². The van der Waals surface area contributed by atoms with Crippen LogP contribution in [0, 0.1) is 11.8 Å². The maximum atomic E-state index is 12.8. The molecule has 1 fully saturated rings. The molecule has 0 aromatic heterocycles. The first-order valence-electron chi connectivity index (χ1n) is 8.16. The van der Waals surface area contributed by atoms with Crippen LogP contribution >= 0.6 is 0 Å². The van der Waals surface area contributed by atoms with Gasteiger partial charge < -0.3 is 10.6 Å². The zero-order chi connectivity index (χ0) is 14.3. The maximum absolute atomic E-state index is 12.8. The van der Waals surface area contributed by atoms with Crippen LogP contribution in [0.2, 0.25) is 0 Å². The minimum atomic E-state index is 0.0578. The summed E-state index contributed by atoms with van der Waals surface area (Å²) < 4.78 is 0.